The van der Waals surface area contributed by atoms with Gasteiger partial charge in [-0.1, -0.05) is 13.8 Å². The van der Waals surface area contributed by atoms with E-state index < -0.39 is 0 Å². The molecule has 19 heavy (non-hydrogen) atoms. The zero-order chi connectivity index (χ0) is 14.0. The lowest BCUT2D eigenvalue weighted by Gasteiger charge is -2.21. The minimum Gasteiger partial charge on any atom is -0.268 e. The molecule has 2 rings (SSSR count). The van der Waals surface area contributed by atoms with Gasteiger partial charge < -0.3 is 0 Å². The number of halogens is 1. The molecule has 1 aromatic heterocycles. The van der Waals surface area contributed by atoms with Crippen molar-refractivity contribution in [3.63, 3.8) is 0 Å². The van der Waals surface area contributed by atoms with E-state index in [2.05, 4.69) is 52.6 Å². The van der Waals surface area contributed by atoms with Crippen LogP contribution in [0.4, 0.5) is 0 Å². The first-order valence-electron chi connectivity index (χ1n) is 7.20. The molecule has 1 aliphatic carbocycles. The number of hydrogen-bond donors (Lipinski definition) is 0. The van der Waals surface area contributed by atoms with Crippen molar-refractivity contribution in [1.29, 1.82) is 5.26 Å². The Morgan fingerprint density at radius 3 is 2.74 bits per heavy atom. The molecule has 1 fully saturated rings. The highest BCUT2D eigenvalue weighted by Crippen LogP contribution is 2.44. The Morgan fingerprint density at radius 1 is 1.53 bits per heavy atom. The molecule has 0 radical (unpaired) electrons. The number of aryl methyl sites for hydroxylation is 2. The molecule has 0 amide bonds. The summed E-state index contributed by atoms with van der Waals surface area (Å²) in [6.45, 7) is 7.35. The van der Waals surface area contributed by atoms with Gasteiger partial charge in [0.25, 0.3) is 0 Å². The van der Waals surface area contributed by atoms with Gasteiger partial charge >= 0.3 is 0 Å². The van der Waals surface area contributed by atoms with Crippen LogP contribution in [0.3, 0.4) is 0 Å². The van der Waals surface area contributed by atoms with Gasteiger partial charge in [-0.3, -0.25) is 4.68 Å². The van der Waals surface area contributed by atoms with Crippen molar-refractivity contribution < 1.29 is 0 Å². The Hall–Kier alpha value is -0.820. The third-order valence-corrected chi connectivity index (χ3v) is 5.21. The first kappa shape index (κ1) is 14.6. The molecular weight excluding hydrogens is 302 g/mol. The Morgan fingerprint density at radius 2 is 2.26 bits per heavy atom. The number of nitriles is 1. The van der Waals surface area contributed by atoms with Crippen molar-refractivity contribution in [3.05, 3.63) is 15.9 Å². The van der Waals surface area contributed by atoms with Crippen molar-refractivity contribution in [2.24, 2.45) is 11.3 Å². The maximum atomic E-state index is 9.62. The highest BCUT2D eigenvalue weighted by molar-refractivity contribution is 9.10. The molecule has 0 aromatic carbocycles. The van der Waals surface area contributed by atoms with E-state index in [9.17, 15) is 5.26 Å². The molecule has 0 N–H and O–H groups in total. The Balaban J connectivity index is 2.32. The number of aromatic nitrogens is 2. The van der Waals surface area contributed by atoms with Crippen molar-refractivity contribution >= 4 is 15.9 Å². The predicted octanol–water partition coefficient (Wildman–Crippen LogP) is 4.10. The molecule has 0 aliphatic heterocycles. The fraction of sp³-hybridized carbons (Fsp3) is 0.733. The molecule has 3 nitrogen and oxygen atoms in total. The van der Waals surface area contributed by atoms with Crippen LogP contribution in [0.5, 0.6) is 0 Å². The maximum absolute atomic E-state index is 9.62. The van der Waals surface area contributed by atoms with E-state index in [4.69, 9.17) is 0 Å². The quantitative estimate of drug-likeness (QED) is 0.837. The highest BCUT2D eigenvalue weighted by atomic mass is 79.9. The van der Waals surface area contributed by atoms with E-state index in [0.29, 0.717) is 5.92 Å². The van der Waals surface area contributed by atoms with Gasteiger partial charge in [0.2, 0.25) is 0 Å². The first-order chi connectivity index (χ1) is 9.05. The molecule has 1 aromatic rings. The highest BCUT2D eigenvalue weighted by Gasteiger charge is 2.39. The zero-order valence-electron chi connectivity index (χ0n) is 12.0. The summed E-state index contributed by atoms with van der Waals surface area (Å²) in [7, 11) is 0. The standard InChI is InChI=1S/C15H22BrN3/c1-4-12-14(16)13(19(5-2)18-12)9-15(10-17)7-6-11(3)8-15/h11H,4-9H2,1-3H3. The van der Waals surface area contributed by atoms with Crippen LogP contribution in [0.2, 0.25) is 0 Å². The largest absolute Gasteiger partial charge is 0.268 e. The summed E-state index contributed by atoms with van der Waals surface area (Å²) in [6.07, 6.45) is 4.97. The average molecular weight is 324 g/mol. The molecule has 104 valence electrons. The Labute approximate surface area is 124 Å². The summed E-state index contributed by atoms with van der Waals surface area (Å²) in [5.41, 5.74) is 2.13. The van der Waals surface area contributed by atoms with Gasteiger partial charge in [0.05, 0.1) is 27.3 Å². The molecule has 2 atom stereocenters. The van der Waals surface area contributed by atoms with Gasteiger partial charge in [-0.25, -0.2) is 0 Å². The fourth-order valence-electron chi connectivity index (χ4n) is 3.20. The lowest BCUT2D eigenvalue weighted by Crippen LogP contribution is -2.20. The van der Waals surface area contributed by atoms with Crippen LogP contribution < -0.4 is 0 Å². The number of hydrogen-bond acceptors (Lipinski definition) is 2. The summed E-state index contributed by atoms with van der Waals surface area (Å²) < 4.78 is 3.18. The van der Waals surface area contributed by atoms with E-state index in [1.54, 1.807) is 0 Å². The Kier molecular flexibility index (Phi) is 4.35. The number of rotatable bonds is 4. The molecule has 0 bridgehead atoms. The number of nitrogens with zero attached hydrogens (tertiary/aromatic N) is 3. The molecular formula is C15H22BrN3. The second-order valence-corrected chi connectivity index (χ2v) is 6.59. The molecule has 2 unspecified atom stereocenters. The molecule has 0 spiro atoms. The lowest BCUT2D eigenvalue weighted by atomic mass is 9.82. The van der Waals surface area contributed by atoms with Gasteiger partial charge in [0.1, 0.15) is 0 Å². The predicted molar refractivity (Wildman–Crippen MR) is 79.7 cm³/mol. The van der Waals surface area contributed by atoms with Gasteiger partial charge in [0.15, 0.2) is 0 Å². The van der Waals surface area contributed by atoms with Crippen molar-refractivity contribution in [3.8, 4) is 6.07 Å². The molecule has 1 saturated carbocycles. The van der Waals surface area contributed by atoms with Crippen LogP contribution in [-0.4, -0.2) is 9.78 Å². The van der Waals surface area contributed by atoms with Crippen LogP contribution in [0.15, 0.2) is 4.47 Å². The molecule has 0 saturated heterocycles. The second kappa shape index (κ2) is 5.66. The van der Waals surface area contributed by atoms with Crippen molar-refractivity contribution in [2.75, 3.05) is 0 Å². The van der Waals surface area contributed by atoms with Gasteiger partial charge in [0, 0.05) is 13.0 Å². The molecule has 1 heterocycles. The smallest absolute Gasteiger partial charge is 0.0766 e. The third-order valence-electron chi connectivity index (χ3n) is 4.29. The van der Waals surface area contributed by atoms with Crippen LogP contribution >= 0.6 is 15.9 Å². The topological polar surface area (TPSA) is 41.6 Å². The second-order valence-electron chi connectivity index (χ2n) is 5.79. The summed E-state index contributed by atoms with van der Waals surface area (Å²) in [5.74, 6) is 0.669. The van der Waals surface area contributed by atoms with Crippen LogP contribution in [0, 0.1) is 22.7 Å². The van der Waals surface area contributed by atoms with E-state index in [0.717, 1.165) is 42.4 Å². The van der Waals surface area contributed by atoms with Gasteiger partial charge in [-0.15, -0.1) is 0 Å². The minimum atomic E-state index is -0.181. The van der Waals surface area contributed by atoms with E-state index in [1.807, 2.05) is 0 Å². The van der Waals surface area contributed by atoms with E-state index >= 15 is 0 Å². The first-order valence-corrected chi connectivity index (χ1v) is 7.99. The van der Waals surface area contributed by atoms with Crippen molar-refractivity contribution in [2.45, 2.75) is 59.4 Å². The SMILES string of the molecule is CCc1nn(CC)c(CC2(C#N)CCC(C)C2)c1Br. The monoisotopic (exact) mass is 323 g/mol. The van der Waals surface area contributed by atoms with Gasteiger partial charge in [-0.05, 0) is 54.5 Å². The fourth-order valence-corrected chi connectivity index (χ4v) is 3.91. The summed E-state index contributed by atoms with van der Waals surface area (Å²) >= 11 is 3.69. The lowest BCUT2D eigenvalue weighted by molar-refractivity contribution is 0.376. The molecule has 4 heteroatoms. The average Bonchev–Trinajstić information content (AvgIpc) is 2.93. The van der Waals surface area contributed by atoms with Crippen LogP contribution in [0.1, 0.15) is 51.4 Å². The summed E-state index contributed by atoms with van der Waals surface area (Å²) in [6, 6.07) is 2.60. The summed E-state index contributed by atoms with van der Waals surface area (Å²) in [4.78, 5) is 0. The minimum absolute atomic E-state index is 0.181. The molecule has 1 aliphatic rings. The Bertz CT molecular complexity index is 500. The zero-order valence-corrected chi connectivity index (χ0v) is 13.6. The third kappa shape index (κ3) is 2.72. The van der Waals surface area contributed by atoms with E-state index in [-0.39, 0.29) is 5.41 Å². The van der Waals surface area contributed by atoms with Gasteiger partial charge in [-0.2, -0.15) is 10.4 Å². The van der Waals surface area contributed by atoms with Crippen LogP contribution in [0.25, 0.3) is 0 Å². The van der Waals surface area contributed by atoms with Crippen molar-refractivity contribution in [1.82, 2.24) is 9.78 Å². The normalized spacial score (nSPS) is 26.6. The summed E-state index contributed by atoms with van der Waals surface area (Å²) in [5, 5.41) is 14.3. The maximum Gasteiger partial charge on any atom is 0.0766 e. The van der Waals surface area contributed by atoms with E-state index in [1.165, 1.54) is 12.1 Å². The van der Waals surface area contributed by atoms with Crippen LogP contribution in [-0.2, 0) is 19.4 Å².